The van der Waals surface area contributed by atoms with Gasteiger partial charge in [0, 0.05) is 19.3 Å². The maximum Gasteiger partial charge on any atom is 0.306 e. The van der Waals surface area contributed by atoms with Gasteiger partial charge in [-0.1, -0.05) is 166 Å². The van der Waals surface area contributed by atoms with Crippen molar-refractivity contribution in [3.63, 3.8) is 0 Å². The van der Waals surface area contributed by atoms with Crippen LogP contribution in [0.2, 0.25) is 0 Å². The zero-order valence-corrected chi connectivity index (χ0v) is 36.8. The predicted molar refractivity (Wildman–Crippen MR) is 244 cm³/mol. The van der Waals surface area contributed by atoms with Crippen molar-refractivity contribution in [1.82, 2.24) is 0 Å². The molecule has 0 aliphatic carbocycles. The van der Waals surface area contributed by atoms with E-state index in [1.807, 2.05) is 85.1 Å². The van der Waals surface area contributed by atoms with Crippen LogP contribution in [0, 0.1) is 0 Å². The number of allylic oxidation sites excluding steroid dienone is 24. The highest BCUT2D eigenvalue weighted by Crippen LogP contribution is 2.10. The fourth-order valence-electron chi connectivity index (χ4n) is 5.16. The van der Waals surface area contributed by atoms with Crippen molar-refractivity contribution in [3.05, 3.63) is 146 Å². The number of rotatable bonds is 35. The average Bonchev–Trinajstić information content (AvgIpc) is 3.19. The molecule has 2 atom stereocenters. The van der Waals surface area contributed by atoms with Crippen molar-refractivity contribution in [2.45, 2.75) is 116 Å². The summed E-state index contributed by atoms with van der Waals surface area (Å²) >= 11 is 0. The van der Waals surface area contributed by atoms with Gasteiger partial charge in [0.25, 0.3) is 0 Å². The number of quaternary nitrogens is 1. The minimum absolute atomic E-state index is 0.0164. The summed E-state index contributed by atoms with van der Waals surface area (Å²) in [6.07, 6.45) is 58.9. The third kappa shape index (κ3) is 38.5. The lowest BCUT2D eigenvalue weighted by atomic mass is 10.1. The van der Waals surface area contributed by atoms with E-state index in [1.165, 1.54) is 0 Å². The molecule has 8 heteroatoms. The van der Waals surface area contributed by atoms with Crippen LogP contribution in [0.25, 0.3) is 0 Å². The highest BCUT2D eigenvalue weighted by molar-refractivity contribution is 5.70. The van der Waals surface area contributed by atoms with Crippen molar-refractivity contribution < 1.29 is 38.2 Å². The highest BCUT2D eigenvalue weighted by atomic mass is 16.6. The van der Waals surface area contributed by atoms with Crippen LogP contribution < -0.4 is 5.11 Å². The molecule has 2 unspecified atom stereocenters. The quantitative estimate of drug-likeness (QED) is 0.0206. The molecule has 8 nitrogen and oxygen atoms in total. The molecule has 0 N–H and O–H groups in total. The molecule has 0 bridgehead atoms. The number of carboxylic acid groups (broad SMARTS) is 1. The Kier molecular flexibility index (Phi) is 36.8. The lowest BCUT2D eigenvalue weighted by Crippen LogP contribution is -2.55. The number of ether oxygens (including phenoxy) is 3. The molecule has 0 aliphatic heterocycles. The van der Waals surface area contributed by atoms with Crippen LogP contribution in [0.3, 0.4) is 0 Å². The summed E-state index contributed by atoms with van der Waals surface area (Å²) in [7, 11) is 5.34. The number of unbranched alkanes of at least 4 members (excludes halogenated alkanes) is 3. The highest BCUT2D eigenvalue weighted by Gasteiger charge is 2.25. The number of likely N-dealkylation sites (N-methyl/N-ethyl adjacent to an activating group) is 1. The van der Waals surface area contributed by atoms with Gasteiger partial charge in [0.15, 0.2) is 6.10 Å². The minimum atomic E-state index is -1.15. The molecule has 0 amide bonds. The van der Waals surface area contributed by atoms with Crippen LogP contribution in [-0.4, -0.2) is 75.5 Å². The third-order valence-corrected chi connectivity index (χ3v) is 8.43. The lowest BCUT2D eigenvalue weighted by Gasteiger charge is -2.34. The second kappa shape index (κ2) is 40.0. The topological polar surface area (TPSA) is 102 Å². The van der Waals surface area contributed by atoms with Gasteiger partial charge in [-0.2, -0.15) is 0 Å². The number of carbonyl (C=O) groups excluding carboxylic acids is 3. The Morgan fingerprint density at radius 2 is 1.02 bits per heavy atom. The monoisotopic (exact) mass is 814 g/mol. The number of esters is 2. The Labute approximate surface area is 357 Å². The summed E-state index contributed by atoms with van der Waals surface area (Å²) in [5.74, 6) is -1.93. The minimum Gasteiger partial charge on any atom is -0.544 e. The Hall–Kier alpha value is -4.79. The smallest absolute Gasteiger partial charge is 0.306 e. The van der Waals surface area contributed by atoms with Gasteiger partial charge in [0.2, 0.25) is 0 Å². The second-order valence-corrected chi connectivity index (χ2v) is 14.6. The normalized spacial score (nSPS) is 14.4. The molecule has 0 radical (unpaired) electrons. The fraction of sp³-hybridized carbons (Fsp3) is 0.471. The molecule has 326 valence electrons. The van der Waals surface area contributed by atoms with Gasteiger partial charge in [-0.15, -0.1) is 0 Å². The maximum absolute atomic E-state index is 12.7. The number of hydrogen-bond donors (Lipinski definition) is 0. The van der Waals surface area contributed by atoms with Crippen molar-refractivity contribution in [1.29, 1.82) is 0 Å². The van der Waals surface area contributed by atoms with E-state index >= 15 is 0 Å². The Balaban J connectivity index is 4.62. The molecular formula is C51H75NO7. The molecule has 0 aromatic carbocycles. The van der Waals surface area contributed by atoms with Gasteiger partial charge in [0.1, 0.15) is 12.6 Å². The number of nitrogens with zero attached hydrogens (tertiary/aromatic N) is 1. The van der Waals surface area contributed by atoms with Crippen LogP contribution in [0.1, 0.15) is 104 Å². The molecule has 0 saturated carbocycles. The first-order chi connectivity index (χ1) is 28.6. The predicted octanol–water partition coefficient (Wildman–Crippen LogP) is 10.5. The zero-order valence-electron chi connectivity index (χ0n) is 36.8. The van der Waals surface area contributed by atoms with E-state index in [0.29, 0.717) is 12.8 Å². The third-order valence-electron chi connectivity index (χ3n) is 8.43. The van der Waals surface area contributed by atoms with Crippen LogP contribution in [-0.2, 0) is 28.6 Å². The van der Waals surface area contributed by atoms with E-state index in [2.05, 4.69) is 74.6 Å². The first-order valence-corrected chi connectivity index (χ1v) is 21.5. The van der Waals surface area contributed by atoms with Gasteiger partial charge >= 0.3 is 11.9 Å². The van der Waals surface area contributed by atoms with E-state index in [1.54, 1.807) is 21.1 Å². The van der Waals surface area contributed by atoms with Gasteiger partial charge < -0.3 is 28.6 Å². The lowest BCUT2D eigenvalue weighted by molar-refractivity contribution is -0.889. The van der Waals surface area contributed by atoms with Crippen molar-refractivity contribution >= 4 is 17.9 Å². The van der Waals surface area contributed by atoms with Gasteiger partial charge in [-0.3, -0.25) is 9.59 Å². The average molecular weight is 814 g/mol. The molecule has 0 aromatic rings. The Bertz CT molecular complexity index is 1460. The SMILES string of the molecule is CC/C=C/C=C/C=C/C=C/C=C/C=C/C=C/CCCCCC(=O)OCC(COCCC(C(=O)[O-])[N+](C)(C)C)OC(=O)CC/C=C/C/C=C/C/C=C/C/C=C/C/C=C/CC. The number of carboxylic acids is 1. The van der Waals surface area contributed by atoms with Crippen molar-refractivity contribution in [2.75, 3.05) is 41.0 Å². The van der Waals surface area contributed by atoms with Crippen LogP contribution in [0.15, 0.2) is 146 Å². The standard InChI is InChI=1S/C51H75NO7/c1-6-8-10-12-14-16-18-20-22-24-25-26-28-29-31-33-35-37-39-41-49(53)58-46-47(45-57-44-43-48(51(55)56)52(3,4)5)59-50(54)42-40-38-36-34-32-30-27-23-21-19-17-15-13-11-9-7-2/h8-12,14-18,20-26,28-32,36,38,47-48H,6-7,13,19,27,33-35,37,39-46H2,1-5H3/b10-8+,11-9+,14-12+,17-15+,18-16+,22-20+,23-21+,25-24+,28-26+,31-29+,32-30+,38-36+. The molecule has 0 heterocycles. The molecule has 59 heavy (non-hydrogen) atoms. The van der Waals surface area contributed by atoms with Gasteiger partial charge in [-0.05, 0) is 64.2 Å². The molecule has 0 rings (SSSR count). The molecule has 0 saturated heterocycles. The number of hydrogen-bond acceptors (Lipinski definition) is 7. The largest absolute Gasteiger partial charge is 0.544 e. The van der Waals surface area contributed by atoms with Crippen LogP contribution >= 0.6 is 0 Å². The van der Waals surface area contributed by atoms with E-state index < -0.39 is 24.1 Å². The Morgan fingerprint density at radius 3 is 1.53 bits per heavy atom. The van der Waals surface area contributed by atoms with E-state index in [9.17, 15) is 19.5 Å². The first-order valence-electron chi connectivity index (χ1n) is 21.5. The molecular weight excluding hydrogens is 739 g/mol. The van der Waals surface area contributed by atoms with E-state index in [4.69, 9.17) is 14.2 Å². The Morgan fingerprint density at radius 1 is 0.525 bits per heavy atom. The zero-order chi connectivity index (χ0) is 43.5. The molecule has 0 aromatic heterocycles. The summed E-state index contributed by atoms with van der Waals surface area (Å²) in [5.41, 5.74) is 0. The van der Waals surface area contributed by atoms with Crippen LogP contribution in [0.5, 0.6) is 0 Å². The summed E-state index contributed by atoms with van der Waals surface area (Å²) < 4.78 is 17.0. The molecule has 0 fully saturated rings. The summed E-state index contributed by atoms with van der Waals surface area (Å²) in [6.45, 7) is 4.22. The summed E-state index contributed by atoms with van der Waals surface area (Å²) in [6, 6.07) is -0.756. The van der Waals surface area contributed by atoms with E-state index in [-0.39, 0.29) is 49.5 Å². The van der Waals surface area contributed by atoms with Crippen LogP contribution in [0.4, 0.5) is 0 Å². The fourth-order valence-corrected chi connectivity index (χ4v) is 5.16. The maximum atomic E-state index is 12.7. The second-order valence-electron chi connectivity index (χ2n) is 14.6. The molecule has 0 aliphatic rings. The summed E-state index contributed by atoms with van der Waals surface area (Å²) in [4.78, 5) is 36.8. The van der Waals surface area contributed by atoms with E-state index in [0.717, 1.165) is 57.8 Å². The van der Waals surface area contributed by atoms with Gasteiger partial charge in [-0.25, -0.2) is 0 Å². The summed E-state index contributed by atoms with van der Waals surface area (Å²) in [5, 5.41) is 11.6. The van der Waals surface area contributed by atoms with Gasteiger partial charge in [0.05, 0.1) is 40.3 Å². The first kappa shape index (κ1) is 54.2. The van der Waals surface area contributed by atoms with Crippen molar-refractivity contribution in [3.8, 4) is 0 Å². The molecule has 0 spiro atoms. The van der Waals surface area contributed by atoms with Crippen molar-refractivity contribution in [2.24, 2.45) is 0 Å². The number of carbonyl (C=O) groups is 3. The number of aliphatic carboxylic acids is 1.